The summed E-state index contributed by atoms with van der Waals surface area (Å²) in [6.45, 7) is 0.638. The second kappa shape index (κ2) is 7.00. The highest BCUT2D eigenvalue weighted by Gasteiger charge is 2.30. The lowest BCUT2D eigenvalue weighted by Crippen LogP contribution is -2.30. The highest BCUT2D eigenvalue weighted by Crippen LogP contribution is 2.25. The highest BCUT2D eigenvalue weighted by atomic mass is 19.1. The quantitative estimate of drug-likeness (QED) is 0.896. The van der Waals surface area contributed by atoms with E-state index in [1.165, 1.54) is 17.2 Å². The minimum absolute atomic E-state index is 0.0929. The molecule has 8 heteroatoms. The van der Waals surface area contributed by atoms with Gasteiger partial charge in [0.05, 0.1) is 17.7 Å². The van der Waals surface area contributed by atoms with E-state index in [9.17, 15) is 18.4 Å². The Balaban J connectivity index is 1.59. The van der Waals surface area contributed by atoms with E-state index in [1.54, 1.807) is 0 Å². The molecule has 0 radical (unpaired) electrons. The molecule has 0 saturated carbocycles. The summed E-state index contributed by atoms with van der Waals surface area (Å²) < 4.78 is 32.1. The third kappa shape index (κ3) is 3.84. The fraction of sp³-hybridized carbons (Fsp3) is 0.353. The maximum absolute atomic E-state index is 13.7. The van der Waals surface area contributed by atoms with Crippen LogP contribution in [0.1, 0.15) is 18.7 Å². The fourth-order valence-corrected chi connectivity index (χ4v) is 2.80. The van der Waals surface area contributed by atoms with E-state index in [2.05, 4.69) is 4.98 Å². The Morgan fingerprint density at radius 3 is 2.84 bits per heavy atom. The number of carbonyl (C=O) groups is 2. The van der Waals surface area contributed by atoms with E-state index in [4.69, 9.17) is 9.52 Å². The minimum atomic E-state index is -0.894. The first kappa shape index (κ1) is 17.1. The van der Waals surface area contributed by atoms with E-state index in [-0.39, 0.29) is 42.5 Å². The number of hydrogen-bond acceptors (Lipinski definition) is 4. The predicted octanol–water partition coefficient (Wildman–Crippen LogP) is 2.49. The topological polar surface area (TPSA) is 83.6 Å². The zero-order valence-electron chi connectivity index (χ0n) is 13.2. The molecule has 1 fully saturated rings. The van der Waals surface area contributed by atoms with Crippen LogP contribution in [0.25, 0.3) is 11.3 Å². The van der Waals surface area contributed by atoms with Crippen LogP contribution in [-0.4, -0.2) is 40.0 Å². The van der Waals surface area contributed by atoms with Crippen molar-refractivity contribution in [3.05, 3.63) is 41.9 Å². The summed E-state index contributed by atoms with van der Waals surface area (Å²) in [6.07, 6.45) is 2.12. The average molecular weight is 350 g/mol. The summed E-state index contributed by atoms with van der Waals surface area (Å²) >= 11 is 0. The van der Waals surface area contributed by atoms with Gasteiger partial charge < -0.3 is 14.4 Å². The second-order valence-corrected chi connectivity index (χ2v) is 5.91. The van der Waals surface area contributed by atoms with Crippen LogP contribution in [0, 0.1) is 17.6 Å². The Hall–Kier alpha value is -2.77. The number of carboxylic acids is 1. The van der Waals surface area contributed by atoms with Crippen molar-refractivity contribution in [2.45, 2.75) is 19.3 Å². The molecule has 1 aromatic carbocycles. The molecule has 132 valence electrons. The molecule has 3 rings (SSSR count). The molecule has 1 aliphatic heterocycles. The number of amides is 1. The lowest BCUT2D eigenvalue weighted by atomic mass is 10.1. The number of oxazole rings is 1. The van der Waals surface area contributed by atoms with Crippen LogP contribution in [0.4, 0.5) is 8.78 Å². The molecule has 25 heavy (non-hydrogen) atoms. The zero-order valence-corrected chi connectivity index (χ0v) is 13.2. The number of nitrogens with zero attached hydrogens (tertiary/aromatic N) is 2. The Morgan fingerprint density at radius 1 is 1.36 bits per heavy atom. The molecule has 1 aliphatic rings. The molecule has 2 heterocycles. The van der Waals surface area contributed by atoms with Gasteiger partial charge in [-0.05, 0) is 18.6 Å². The van der Waals surface area contributed by atoms with Gasteiger partial charge in [0.25, 0.3) is 0 Å². The number of aromatic nitrogens is 1. The average Bonchev–Trinajstić information content (AvgIpc) is 3.22. The largest absolute Gasteiger partial charge is 0.481 e. The molecular formula is C17H16F2N2O4. The summed E-state index contributed by atoms with van der Waals surface area (Å²) in [6, 6.07) is 3.14. The van der Waals surface area contributed by atoms with Crippen molar-refractivity contribution in [3.63, 3.8) is 0 Å². The summed E-state index contributed by atoms with van der Waals surface area (Å²) in [5.74, 6) is -2.59. The Bertz CT molecular complexity index is 806. The van der Waals surface area contributed by atoms with Gasteiger partial charge in [-0.3, -0.25) is 9.59 Å². The van der Waals surface area contributed by atoms with Crippen molar-refractivity contribution >= 4 is 11.9 Å². The number of aliphatic carboxylic acids is 1. The maximum atomic E-state index is 13.7. The van der Waals surface area contributed by atoms with Gasteiger partial charge in [0.2, 0.25) is 5.91 Å². The second-order valence-electron chi connectivity index (χ2n) is 5.91. The van der Waals surface area contributed by atoms with E-state index in [1.807, 2.05) is 0 Å². The maximum Gasteiger partial charge on any atom is 0.308 e. The SMILES string of the molecule is O=C(O)C1CCN(C(=O)CCc2ncc(-c3ccc(F)cc3F)o2)C1. The van der Waals surface area contributed by atoms with Gasteiger partial charge in [-0.2, -0.15) is 0 Å². The number of carboxylic acid groups (broad SMARTS) is 1. The first-order valence-corrected chi connectivity index (χ1v) is 7.84. The van der Waals surface area contributed by atoms with Crippen LogP contribution in [-0.2, 0) is 16.0 Å². The molecule has 1 N–H and O–H groups in total. The molecule has 0 bridgehead atoms. The summed E-state index contributed by atoms with van der Waals surface area (Å²) in [5.41, 5.74) is 0.0929. The van der Waals surface area contributed by atoms with Crippen LogP contribution in [0.3, 0.4) is 0 Å². The van der Waals surface area contributed by atoms with E-state index in [0.29, 0.717) is 13.0 Å². The number of rotatable bonds is 5. The molecule has 1 atom stereocenters. The predicted molar refractivity (Wildman–Crippen MR) is 82.5 cm³/mol. The van der Waals surface area contributed by atoms with Gasteiger partial charge in [-0.25, -0.2) is 13.8 Å². The third-order valence-corrected chi connectivity index (χ3v) is 4.19. The third-order valence-electron chi connectivity index (χ3n) is 4.19. The van der Waals surface area contributed by atoms with Crippen molar-refractivity contribution in [2.24, 2.45) is 5.92 Å². The number of likely N-dealkylation sites (tertiary alicyclic amines) is 1. The molecule has 1 saturated heterocycles. The van der Waals surface area contributed by atoms with Crippen molar-refractivity contribution in [1.29, 1.82) is 0 Å². The van der Waals surface area contributed by atoms with Gasteiger partial charge in [-0.1, -0.05) is 0 Å². The van der Waals surface area contributed by atoms with Gasteiger partial charge in [0, 0.05) is 32.0 Å². The lowest BCUT2D eigenvalue weighted by molar-refractivity contribution is -0.141. The van der Waals surface area contributed by atoms with Crippen LogP contribution in [0.15, 0.2) is 28.8 Å². The molecule has 0 spiro atoms. The number of hydrogen-bond donors (Lipinski definition) is 1. The molecule has 6 nitrogen and oxygen atoms in total. The van der Waals surface area contributed by atoms with Gasteiger partial charge in [0.15, 0.2) is 11.7 Å². The standard InChI is InChI=1S/C17H16F2N2O4/c18-11-1-2-12(13(19)7-11)14-8-20-15(25-14)3-4-16(22)21-6-5-10(9-21)17(23)24/h1-2,7-8,10H,3-6,9H2,(H,23,24). The van der Waals surface area contributed by atoms with Crippen molar-refractivity contribution in [1.82, 2.24) is 9.88 Å². The minimum Gasteiger partial charge on any atom is -0.481 e. The zero-order chi connectivity index (χ0) is 18.0. The molecule has 1 amide bonds. The summed E-state index contributed by atoms with van der Waals surface area (Å²) in [7, 11) is 0. The van der Waals surface area contributed by atoms with Gasteiger partial charge in [0.1, 0.15) is 11.6 Å². The highest BCUT2D eigenvalue weighted by molar-refractivity contribution is 5.78. The van der Waals surface area contributed by atoms with E-state index >= 15 is 0 Å². The first-order chi connectivity index (χ1) is 11.9. The van der Waals surface area contributed by atoms with Crippen LogP contribution < -0.4 is 0 Å². The Labute approximate surface area is 142 Å². The first-order valence-electron chi connectivity index (χ1n) is 7.84. The van der Waals surface area contributed by atoms with Gasteiger partial charge in [-0.15, -0.1) is 0 Å². The monoisotopic (exact) mass is 350 g/mol. The molecular weight excluding hydrogens is 334 g/mol. The number of halogens is 2. The Kier molecular flexibility index (Phi) is 4.78. The van der Waals surface area contributed by atoms with E-state index < -0.39 is 23.5 Å². The van der Waals surface area contributed by atoms with Crippen LogP contribution in [0.2, 0.25) is 0 Å². The van der Waals surface area contributed by atoms with Crippen molar-refractivity contribution in [3.8, 4) is 11.3 Å². The smallest absolute Gasteiger partial charge is 0.308 e. The van der Waals surface area contributed by atoms with Crippen LogP contribution in [0.5, 0.6) is 0 Å². The van der Waals surface area contributed by atoms with Gasteiger partial charge >= 0.3 is 5.97 Å². The van der Waals surface area contributed by atoms with Crippen molar-refractivity contribution in [2.75, 3.05) is 13.1 Å². The number of aryl methyl sites for hydroxylation is 1. The Morgan fingerprint density at radius 2 is 2.16 bits per heavy atom. The normalized spacial score (nSPS) is 17.0. The lowest BCUT2D eigenvalue weighted by Gasteiger charge is -2.14. The van der Waals surface area contributed by atoms with E-state index in [0.717, 1.165) is 12.1 Å². The van der Waals surface area contributed by atoms with Crippen LogP contribution >= 0.6 is 0 Å². The molecule has 0 aliphatic carbocycles. The molecule has 1 aromatic heterocycles. The number of carbonyl (C=O) groups excluding carboxylic acids is 1. The summed E-state index contributed by atoms with van der Waals surface area (Å²) in [4.78, 5) is 28.6. The molecule has 2 aromatic rings. The van der Waals surface area contributed by atoms with Crippen molar-refractivity contribution < 1.29 is 27.9 Å². The fourth-order valence-electron chi connectivity index (χ4n) is 2.80. The summed E-state index contributed by atoms with van der Waals surface area (Å²) in [5, 5.41) is 8.95. The number of benzene rings is 1. The molecule has 1 unspecified atom stereocenters.